The van der Waals surface area contributed by atoms with E-state index in [0.29, 0.717) is 10.6 Å². The van der Waals surface area contributed by atoms with Crippen molar-refractivity contribution in [2.24, 2.45) is 0 Å². The molecule has 11 nitrogen and oxygen atoms in total. The minimum absolute atomic E-state index is 0.0223. The molecule has 1 fully saturated rings. The zero-order valence-electron chi connectivity index (χ0n) is 25.7. The van der Waals surface area contributed by atoms with Crippen LogP contribution in [0, 0.1) is 17.0 Å². The fraction of sp³-hybridized carbons (Fsp3) is 0.375. The topological polar surface area (TPSA) is 139 Å². The molecule has 0 heterocycles. The summed E-state index contributed by atoms with van der Waals surface area (Å²) >= 11 is 12.7. The predicted molar refractivity (Wildman–Crippen MR) is 177 cm³/mol. The van der Waals surface area contributed by atoms with E-state index in [4.69, 9.17) is 27.9 Å². The Morgan fingerprint density at radius 2 is 1.76 bits per heavy atom. The van der Waals surface area contributed by atoms with Crippen molar-refractivity contribution < 1.29 is 27.7 Å². The van der Waals surface area contributed by atoms with E-state index in [-0.39, 0.29) is 40.5 Å². The van der Waals surface area contributed by atoms with Crippen LogP contribution >= 0.6 is 23.2 Å². The van der Waals surface area contributed by atoms with Gasteiger partial charge >= 0.3 is 0 Å². The molecule has 1 saturated carbocycles. The molecule has 0 spiro atoms. The zero-order valence-corrected chi connectivity index (χ0v) is 28.1. The molecule has 1 N–H and O–H groups in total. The van der Waals surface area contributed by atoms with Crippen LogP contribution in [0.5, 0.6) is 5.75 Å². The number of aryl methyl sites for hydroxylation is 1. The molecule has 0 bridgehead atoms. The zero-order chi connectivity index (χ0) is 33.6. The highest BCUT2D eigenvalue weighted by atomic mass is 35.5. The van der Waals surface area contributed by atoms with Crippen LogP contribution in [0.2, 0.25) is 10.0 Å². The van der Waals surface area contributed by atoms with Gasteiger partial charge in [-0.15, -0.1) is 0 Å². The Bertz CT molecular complexity index is 1710. The number of anilines is 1. The van der Waals surface area contributed by atoms with Crippen LogP contribution in [0.1, 0.15) is 50.2 Å². The van der Waals surface area contributed by atoms with E-state index in [9.17, 15) is 28.1 Å². The molecule has 0 aliphatic heterocycles. The van der Waals surface area contributed by atoms with Gasteiger partial charge in [0.15, 0.2) is 0 Å². The van der Waals surface area contributed by atoms with Gasteiger partial charge < -0.3 is 15.0 Å². The fourth-order valence-corrected chi connectivity index (χ4v) is 7.21. The van der Waals surface area contributed by atoms with Crippen molar-refractivity contribution in [3.63, 3.8) is 0 Å². The number of sulfonamides is 1. The number of nitrogens with zero attached hydrogens (tertiary/aromatic N) is 3. The summed E-state index contributed by atoms with van der Waals surface area (Å²) in [7, 11) is -3.31. The molecule has 46 heavy (non-hydrogen) atoms. The summed E-state index contributed by atoms with van der Waals surface area (Å²) in [5.41, 5.74) is 0.344. The number of hydrogen-bond acceptors (Lipinski definition) is 7. The predicted octanol–water partition coefficient (Wildman–Crippen LogP) is 6.28. The van der Waals surface area contributed by atoms with Gasteiger partial charge in [0, 0.05) is 34.3 Å². The second kappa shape index (κ2) is 15.1. The maximum atomic E-state index is 14.3. The number of hydrogen-bond donors (Lipinski definition) is 1. The van der Waals surface area contributed by atoms with Gasteiger partial charge in [0.05, 0.1) is 22.6 Å². The third-order valence-electron chi connectivity index (χ3n) is 8.07. The van der Waals surface area contributed by atoms with Crippen molar-refractivity contribution in [2.45, 2.75) is 69.5 Å². The van der Waals surface area contributed by atoms with Crippen molar-refractivity contribution in [1.82, 2.24) is 10.2 Å². The van der Waals surface area contributed by atoms with Crippen LogP contribution < -0.4 is 14.4 Å². The lowest BCUT2D eigenvalue weighted by Crippen LogP contribution is -2.53. The summed E-state index contributed by atoms with van der Waals surface area (Å²) in [6.45, 7) is 2.19. The molecule has 2 amide bonds. The molecule has 0 aromatic heterocycles. The second-order valence-corrected chi connectivity index (χ2v) is 13.9. The highest BCUT2D eigenvalue weighted by Gasteiger charge is 2.35. The lowest BCUT2D eigenvalue weighted by Gasteiger charge is -2.33. The molecule has 246 valence electrons. The van der Waals surface area contributed by atoms with Crippen LogP contribution in [0.25, 0.3) is 0 Å². The van der Waals surface area contributed by atoms with E-state index >= 15 is 0 Å². The average molecular weight is 692 g/mol. The summed E-state index contributed by atoms with van der Waals surface area (Å²) < 4.78 is 34.8. The molecule has 3 aromatic carbocycles. The minimum atomic E-state index is -4.64. The first-order valence-electron chi connectivity index (χ1n) is 14.8. The summed E-state index contributed by atoms with van der Waals surface area (Å²) in [6.07, 6.45) is 4.75. The van der Waals surface area contributed by atoms with Gasteiger partial charge in [-0.05, 0) is 62.6 Å². The maximum absolute atomic E-state index is 14.3. The number of methoxy groups -OCH3 is 1. The normalized spacial score (nSPS) is 14.3. The third-order valence-corrected chi connectivity index (χ3v) is 10.4. The van der Waals surface area contributed by atoms with Gasteiger partial charge in [-0.2, -0.15) is 0 Å². The quantitative estimate of drug-likeness (QED) is 0.174. The van der Waals surface area contributed by atoms with Crippen LogP contribution in [0.3, 0.4) is 0 Å². The molecule has 1 aliphatic rings. The van der Waals surface area contributed by atoms with Crippen LogP contribution in [-0.4, -0.2) is 55.8 Å². The van der Waals surface area contributed by atoms with E-state index in [1.54, 1.807) is 31.2 Å². The van der Waals surface area contributed by atoms with Crippen molar-refractivity contribution in [1.29, 1.82) is 0 Å². The monoisotopic (exact) mass is 690 g/mol. The lowest BCUT2D eigenvalue weighted by atomic mass is 9.95. The number of rotatable bonds is 12. The number of carbonyl (C=O) groups excluding carboxylic acids is 2. The number of nitro groups is 1. The lowest BCUT2D eigenvalue weighted by molar-refractivity contribution is -0.385. The summed E-state index contributed by atoms with van der Waals surface area (Å²) in [5.74, 6) is -1.02. The molecule has 1 atom stereocenters. The molecule has 14 heteroatoms. The average Bonchev–Trinajstić information content (AvgIpc) is 3.03. The van der Waals surface area contributed by atoms with E-state index in [0.717, 1.165) is 42.5 Å². The molecule has 1 aliphatic carbocycles. The van der Waals surface area contributed by atoms with E-state index in [2.05, 4.69) is 5.32 Å². The Morgan fingerprint density at radius 1 is 1.07 bits per heavy atom. The SMILES string of the molecule is COc1ccc(Cl)cc1N(CC(=O)N(Cc1ccccc1Cl)[C@H](C)C(=O)NC1CCCCC1)S(=O)(=O)c1ccc(C)c([N+](=O)[O-])c1. The van der Waals surface area contributed by atoms with Crippen molar-refractivity contribution in [2.75, 3.05) is 18.0 Å². The number of nitrogens with one attached hydrogen (secondary N) is 1. The number of carbonyl (C=O) groups is 2. The minimum Gasteiger partial charge on any atom is -0.495 e. The Balaban J connectivity index is 1.78. The van der Waals surface area contributed by atoms with E-state index < -0.39 is 44.0 Å². The van der Waals surface area contributed by atoms with Crippen molar-refractivity contribution in [3.05, 3.63) is 92.0 Å². The second-order valence-electron chi connectivity index (χ2n) is 11.2. The molecular formula is C32H36Cl2N4O7S. The first-order chi connectivity index (χ1) is 21.8. The number of halogens is 2. The van der Waals surface area contributed by atoms with Gasteiger partial charge in [0.25, 0.3) is 15.7 Å². The number of benzene rings is 3. The Hall–Kier alpha value is -3.87. The standard InChI is InChI=1S/C32H36Cl2N4O7S/c1-21-13-15-26(18-28(21)38(41)42)46(43,44)37(29-17-24(33)14-16-30(29)45-3)20-31(39)36(19-23-9-7-8-12-27(23)34)22(2)32(40)35-25-10-5-4-6-11-25/h7-9,12-18,22,25H,4-6,10-11,19-20H2,1-3H3,(H,35,40)/t22-/m1/s1. The van der Waals surface area contributed by atoms with Crippen LogP contribution in [0.15, 0.2) is 65.6 Å². The summed E-state index contributed by atoms with van der Waals surface area (Å²) in [5, 5.41) is 15.3. The Kier molecular flexibility index (Phi) is 11.5. The molecule has 0 radical (unpaired) electrons. The smallest absolute Gasteiger partial charge is 0.273 e. The first-order valence-corrected chi connectivity index (χ1v) is 17.0. The largest absolute Gasteiger partial charge is 0.495 e. The van der Waals surface area contributed by atoms with Crippen molar-refractivity contribution >= 4 is 56.4 Å². The van der Waals surface area contributed by atoms with E-state index in [1.807, 2.05) is 0 Å². The molecular weight excluding hydrogens is 655 g/mol. The summed E-state index contributed by atoms with van der Waals surface area (Å²) in [6, 6.07) is 13.6. The van der Waals surface area contributed by atoms with Gasteiger partial charge in [-0.1, -0.05) is 66.7 Å². The molecule has 0 unspecified atom stereocenters. The Labute approximate surface area is 278 Å². The van der Waals surface area contributed by atoms with Gasteiger partial charge in [-0.3, -0.25) is 24.0 Å². The first kappa shape index (κ1) is 35.0. The van der Waals surface area contributed by atoms with Crippen molar-refractivity contribution in [3.8, 4) is 5.75 Å². The molecule has 0 saturated heterocycles. The number of ether oxygens (including phenoxy) is 1. The fourth-order valence-electron chi connectivity index (χ4n) is 5.41. The third kappa shape index (κ3) is 8.09. The van der Waals surface area contributed by atoms with Gasteiger partial charge in [-0.25, -0.2) is 8.42 Å². The number of nitro benzene ring substituents is 1. The van der Waals surface area contributed by atoms with Gasteiger partial charge in [0.2, 0.25) is 11.8 Å². The Morgan fingerprint density at radius 3 is 2.41 bits per heavy atom. The van der Waals surface area contributed by atoms with Crippen LogP contribution in [-0.2, 0) is 26.2 Å². The highest BCUT2D eigenvalue weighted by molar-refractivity contribution is 7.92. The molecule has 3 aromatic rings. The van der Waals surface area contributed by atoms with E-state index in [1.165, 1.54) is 49.3 Å². The van der Waals surface area contributed by atoms with Gasteiger partial charge in [0.1, 0.15) is 18.3 Å². The van der Waals surface area contributed by atoms with Crippen LogP contribution in [0.4, 0.5) is 11.4 Å². The molecule has 4 rings (SSSR count). The number of amides is 2. The summed E-state index contributed by atoms with van der Waals surface area (Å²) in [4.78, 5) is 39.7. The maximum Gasteiger partial charge on any atom is 0.273 e. The highest BCUT2D eigenvalue weighted by Crippen LogP contribution is 2.36.